The molecule has 0 saturated carbocycles. The third-order valence-corrected chi connectivity index (χ3v) is 2.21. The molecule has 0 bridgehead atoms. The second-order valence-corrected chi connectivity index (χ2v) is 3.19. The van der Waals surface area contributed by atoms with E-state index >= 15 is 0 Å². The molecule has 1 heterocycles. The lowest BCUT2D eigenvalue weighted by Crippen LogP contribution is -1.97. The van der Waals surface area contributed by atoms with E-state index in [1.807, 2.05) is 18.2 Å². The van der Waals surface area contributed by atoms with Gasteiger partial charge in [-0.1, -0.05) is 24.8 Å². The molecule has 0 spiro atoms. The van der Waals surface area contributed by atoms with Crippen molar-refractivity contribution in [3.63, 3.8) is 0 Å². The summed E-state index contributed by atoms with van der Waals surface area (Å²) in [4.78, 5) is 14.9. The van der Waals surface area contributed by atoms with E-state index in [4.69, 9.17) is 5.11 Å². The molecule has 15 heavy (non-hydrogen) atoms. The fraction of sp³-hybridized carbons (Fsp3) is 0. The molecule has 0 radical (unpaired) electrons. The fourth-order valence-electron chi connectivity index (χ4n) is 1.38. The van der Waals surface area contributed by atoms with Crippen molar-refractivity contribution >= 4 is 22.4 Å². The fourth-order valence-corrected chi connectivity index (χ4v) is 1.38. The number of hydrogen-bond donors (Lipinski definition) is 1. The monoisotopic (exact) mass is 199 g/mol. The summed E-state index contributed by atoms with van der Waals surface area (Å²) < 4.78 is 0. The van der Waals surface area contributed by atoms with Crippen LogP contribution in [0, 0.1) is 0 Å². The summed E-state index contributed by atoms with van der Waals surface area (Å²) in [5, 5.41) is 9.77. The Labute approximate surface area is 86.7 Å². The summed E-state index contributed by atoms with van der Waals surface area (Å²) in [6.45, 7) is 3.50. The Balaban J connectivity index is 2.56. The first-order valence-corrected chi connectivity index (χ1v) is 4.46. The number of hydrogen-bond acceptors (Lipinski definition) is 2. The second kappa shape index (κ2) is 3.53. The van der Waals surface area contributed by atoms with Crippen molar-refractivity contribution in [2.75, 3.05) is 0 Å². The summed E-state index contributed by atoms with van der Waals surface area (Å²) in [5.41, 5.74) is 1.45. The van der Waals surface area contributed by atoms with E-state index in [0.29, 0.717) is 5.56 Å². The van der Waals surface area contributed by atoms with Gasteiger partial charge in [0.05, 0.1) is 11.1 Å². The quantitative estimate of drug-likeness (QED) is 0.755. The van der Waals surface area contributed by atoms with Gasteiger partial charge >= 0.3 is 5.97 Å². The van der Waals surface area contributed by atoms with Gasteiger partial charge in [0, 0.05) is 11.6 Å². The maximum Gasteiger partial charge on any atom is 0.335 e. The molecule has 0 amide bonds. The van der Waals surface area contributed by atoms with Gasteiger partial charge < -0.3 is 5.11 Å². The van der Waals surface area contributed by atoms with Gasteiger partial charge in [0.2, 0.25) is 0 Å². The standard InChI is InChI=1S/C12H9NO2/c1-8(12(14)15)10-5-4-9-3-2-6-13-11(9)7-10/h2-7H,1H2,(H,14,15). The molecule has 0 unspecified atom stereocenters. The highest BCUT2D eigenvalue weighted by Crippen LogP contribution is 2.18. The highest BCUT2D eigenvalue weighted by atomic mass is 16.4. The molecule has 1 N–H and O–H groups in total. The average Bonchev–Trinajstić information content (AvgIpc) is 2.27. The number of nitrogens with zero attached hydrogens (tertiary/aromatic N) is 1. The third-order valence-electron chi connectivity index (χ3n) is 2.21. The van der Waals surface area contributed by atoms with E-state index in [1.165, 1.54) is 0 Å². The summed E-state index contributed by atoms with van der Waals surface area (Å²) >= 11 is 0. The molecule has 1 aromatic heterocycles. The smallest absolute Gasteiger partial charge is 0.335 e. The Morgan fingerprint density at radius 2 is 2.13 bits per heavy atom. The highest BCUT2D eigenvalue weighted by Gasteiger charge is 2.07. The number of pyridine rings is 1. The lowest BCUT2D eigenvalue weighted by Gasteiger charge is -2.02. The number of aliphatic carboxylic acids is 1. The van der Waals surface area contributed by atoms with Gasteiger partial charge in [0.25, 0.3) is 0 Å². The number of benzene rings is 1. The van der Waals surface area contributed by atoms with E-state index in [0.717, 1.165) is 10.9 Å². The normalized spacial score (nSPS) is 10.1. The molecule has 0 aliphatic carbocycles. The maximum absolute atomic E-state index is 10.7. The minimum atomic E-state index is -1.01. The molecule has 3 heteroatoms. The van der Waals surface area contributed by atoms with Gasteiger partial charge in [-0.2, -0.15) is 0 Å². The zero-order valence-corrected chi connectivity index (χ0v) is 7.97. The molecule has 0 saturated heterocycles. The zero-order chi connectivity index (χ0) is 10.8. The van der Waals surface area contributed by atoms with Crippen LogP contribution in [0.5, 0.6) is 0 Å². The molecule has 0 aliphatic heterocycles. The van der Waals surface area contributed by atoms with E-state index < -0.39 is 5.97 Å². The van der Waals surface area contributed by atoms with Crippen molar-refractivity contribution in [1.82, 2.24) is 4.98 Å². The molecule has 3 nitrogen and oxygen atoms in total. The van der Waals surface area contributed by atoms with Crippen LogP contribution in [0.15, 0.2) is 43.1 Å². The lowest BCUT2D eigenvalue weighted by atomic mass is 10.1. The zero-order valence-electron chi connectivity index (χ0n) is 7.97. The molecule has 0 aliphatic rings. The van der Waals surface area contributed by atoms with Gasteiger partial charge in [0.1, 0.15) is 0 Å². The second-order valence-electron chi connectivity index (χ2n) is 3.19. The topological polar surface area (TPSA) is 50.2 Å². The summed E-state index contributed by atoms with van der Waals surface area (Å²) in [5.74, 6) is -1.01. The summed E-state index contributed by atoms with van der Waals surface area (Å²) in [7, 11) is 0. The van der Waals surface area contributed by atoms with Crippen LogP contribution in [-0.4, -0.2) is 16.1 Å². The lowest BCUT2D eigenvalue weighted by molar-refractivity contribution is -0.130. The number of fused-ring (bicyclic) bond motifs is 1. The number of rotatable bonds is 2. The van der Waals surface area contributed by atoms with Crippen LogP contribution in [0.4, 0.5) is 0 Å². The van der Waals surface area contributed by atoms with E-state index in [9.17, 15) is 4.79 Å². The Morgan fingerprint density at radius 3 is 2.87 bits per heavy atom. The first-order valence-electron chi connectivity index (χ1n) is 4.46. The minimum Gasteiger partial charge on any atom is -0.478 e. The third kappa shape index (κ3) is 1.72. The Hall–Kier alpha value is -2.16. The van der Waals surface area contributed by atoms with Gasteiger partial charge in [-0.15, -0.1) is 0 Å². The number of aromatic nitrogens is 1. The minimum absolute atomic E-state index is 0.0857. The molecule has 2 rings (SSSR count). The van der Waals surface area contributed by atoms with Crippen molar-refractivity contribution in [2.45, 2.75) is 0 Å². The molecule has 74 valence electrons. The van der Waals surface area contributed by atoms with Crippen molar-refractivity contribution in [3.05, 3.63) is 48.7 Å². The molecular weight excluding hydrogens is 190 g/mol. The number of carbonyl (C=O) groups is 1. The molecular formula is C12H9NO2. The van der Waals surface area contributed by atoms with Crippen molar-refractivity contribution < 1.29 is 9.90 Å². The molecule has 0 atom stereocenters. The Bertz CT molecular complexity index is 546. The SMILES string of the molecule is C=C(C(=O)O)c1ccc2cccnc2c1. The number of carboxylic acid groups (broad SMARTS) is 1. The van der Waals surface area contributed by atoms with E-state index in [-0.39, 0.29) is 5.57 Å². The summed E-state index contributed by atoms with van der Waals surface area (Å²) in [6, 6.07) is 9.07. The van der Waals surface area contributed by atoms with Crippen LogP contribution in [-0.2, 0) is 4.79 Å². The van der Waals surface area contributed by atoms with Gasteiger partial charge in [-0.05, 0) is 17.7 Å². The molecule has 1 aromatic carbocycles. The maximum atomic E-state index is 10.7. The van der Waals surface area contributed by atoms with Crippen LogP contribution >= 0.6 is 0 Å². The predicted molar refractivity (Wildman–Crippen MR) is 58.4 cm³/mol. The highest BCUT2D eigenvalue weighted by molar-refractivity contribution is 6.15. The Morgan fingerprint density at radius 1 is 1.33 bits per heavy atom. The van der Waals surface area contributed by atoms with Crippen LogP contribution in [0.2, 0.25) is 0 Å². The molecule has 2 aromatic rings. The van der Waals surface area contributed by atoms with Crippen LogP contribution in [0.3, 0.4) is 0 Å². The van der Waals surface area contributed by atoms with E-state index in [1.54, 1.807) is 18.3 Å². The first-order chi connectivity index (χ1) is 7.18. The summed E-state index contributed by atoms with van der Waals surface area (Å²) in [6.07, 6.45) is 1.68. The first kappa shape index (κ1) is 9.40. The van der Waals surface area contributed by atoms with Crippen molar-refractivity contribution in [1.29, 1.82) is 0 Å². The van der Waals surface area contributed by atoms with Gasteiger partial charge in [-0.25, -0.2) is 4.79 Å². The van der Waals surface area contributed by atoms with Crippen LogP contribution in [0.25, 0.3) is 16.5 Å². The van der Waals surface area contributed by atoms with Crippen molar-refractivity contribution in [3.8, 4) is 0 Å². The van der Waals surface area contributed by atoms with Crippen molar-refractivity contribution in [2.24, 2.45) is 0 Å². The Kier molecular flexibility index (Phi) is 2.21. The van der Waals surface area contributed by atoms with Crippen LogP contribution < -0.4 is 0 Å². The predicted octanol–water partition coefficient (Wildman–Crippen LogP) is 2.33. The average molecular weight is 199 g/mol. The van der Waals surface area contributed by atoms with Gasteiger partial charge in [-0.3, -0.25) is 4.98 Å². The largest absolute Gasteiger partial charge is 0.478 e. The number of carboxylic acids is 1. The van der Waals surface area contributed by atoms with Crippen LogP contribution in [0.1, 0.15) is 5.56 Å². The van der Waals surface area contributed by atoms with Gasteiger partial charge in [0.15, 0.2) is 0 Å². The van der Waals surface area contributed by atoms with E-state index in [2.05, 4.69) is 11.6 Å². The molecule has 0 fully saturated rings.